The summed E-state index contributed by atoms with van der Waals surface area (Å²) in [6.45, 7) is 4.56. The largest absolute Gasteiger partial charge is 0.365 e. The molecule has 0 unspecified atom stereocenters. The Morgan fingerprint density at radius 1 is 1.19 bits per heavy atom. The fraction of sp³-hybridized carbons (Fsp3) is 0.353. The molecule has 1 amide bonds. The minimum Gasteiger partial charge on any atom is -0.365 e. The second kappa shape index (κ2) is 6.59. The van der Waals surface area contributed by atoms with Crippen LogP contribution in [0.5, 0.6) is 0 Å². The third-order valence-electron chi connectivity index (χ3n) is 3.74. The van der Waals surface area contributed by atoms with Gasteiger partial charge in [-0.15, -0.1) is 0 Å². The van der Waals surface area contributed by atoms with Crippen molar-refractivity contribution in [3.05, 3.63) is 58.9 Å². The van der Waals surface area contributed by atoms with E-state index < -0.39 is 0 Å². The first kappa shape index (κ1) is 15.3. The van der Waals surface area contributed by atoms with Gasteiger partial charge in [-0.1, -0.05) is 29.8 Å². The van der Waals surface area contributed by atoms with Crippen LogP contribution in [0.3, 0.4) is 0 Å². The molecule has 0 radical (unpaired) electrons. The third-order valence-corrected chi connectivity index (χ3v) is 3.74. The number of aromatic nitrogens is 1. The van der Waals surface area contributed by atoms with E-state index in [1.807, 2.05) is 21.0 Å². The molecule has 4 nitrogen and oxygen atoms in total. The van der Waals surface area contributed by atoms with Gasteiger partial charge in [-0.3, -0.25) is 4.79 Å². The number of aromatic amines is 1. The van der Waals surface area contributed by atoms with Gasteiger partial charge in [0.05, 0.1) is 11.6 Å². The van der Waals surface area contributed by atoms with Crippen LogP contribution in [0, 0.1) is 13.8 Å². The van der Waals surface area contributed by atoms with Crippen LogP contribution >= 0.6 is 0 Å². The lowest BCUT2D eigenvalue weighted by Crippen LogP contribution is -2.34. The van der Waals surface area contributed by atoms with Crippen LogP contribution in [0.2, 0.25) is 0 Å². The standard InChI is InChI=1S/C17H23N3O/c1-12-5-7-14(8-6-12)16(20(3)4)11-19-17(21)15-9-10-18-13(15)2/h5-10,16,18H,11H2,1-4H3,(H,19,21)/t16-/m0/s1. The minimum atomic E-state index is -0.0345. The lowest BCUT2D eigenvalue weighted by molar-refractivity contribution is 0.0941. The van der Waals surface area contributed by atoms with Crippen LogP contribution in [0.1, 0.15) is 33.2 Å². The molecule has 0 saturated carbocycles. The number of likely N-dealkylation sites (N-methyl/N-ethyl adjacent to an activating group) is 1. The predicted octanol–water partition coefficient (Wildman–Crippen LogP) is 2.66. The van der Waals surface area contributed by atoms with E-state index in [0.29, 0.717) is 12.1 Å². The molecular weight excluding hydrogens is 262 g/mol. The molecule has 0 bridgehead atoms. The molecule has 0 aliphatic heterocycles. The molecule has 0 saturated heterocycles. The SMILES string of the molecule is Cc1ccc([C@H](CNC(=O)c2cc[nH]c2C)N(C)C)cc1. The van der Waals surface area contributed by atoms with Gasteiger partial charge in [-0.25, -0.2) is 0 Å². The Bertz CT molecular complexity index is 599. The summed E-state index contributed by atoms with van der Waals surface area (Å²) in [5, 5.41) is 3.02. The topological polar surface area (TPSA) is 48.1 Å². The van der Waals surface area contributed by atoms with Crippen molar-refractivity contribution in [1.82, 2.24) is 15.2 Å². The van der Waals surface area contributed by atoms with Gasteiger partial charge in [-0.05, 0) is 39.6 Å². The van der Waals surface area contributed by atoms with Crippen molar-refractivity contribution >= 4 is 5.91 Å². The average molecular weight is 285 g/mol. The number of carbonyl (C=O) groups excluding carboxylic acids is 1. The van der Waals surface area contributed by atoms with Crippen molar-refractivity contribution in [2.45, 2.75) is 19.9 Å². The highest BCUT2D eigenvalue weighted by atomic mass is 16.1. The second-order valence-electron chi connectivity index (χ2n) is 5.62. The Labute approximate surface area is 126 Å². The van der Waals surface area contributed by atoms with Crippen LogP contribution in [-0.2, 0) is 0 Å². The summed E-state index contributed by atoms with van der Waals surface area (Å²) in [6.07, 6.45) is 1.79. The molecule has 2 rings (SSSR count). The number of benzene rings is 1. The molecule has 4 heteroatoms. The molecular formula is C17H23N3O. The van der Waals surface area contributed by atoms with Crippen LogP contribution in [0.15, 0.2) is 36.5 Å². The predicted molar refractivity (Wildman–Crippen MR) is 85.5 cm³/mol. The molecule has 2 N–H and O–H groups in total. The van der Waals surface area contributed by atoms with E-state index in [2.05, 4.69) is 46.4 Å². The van der Waals surface area contributed by atoms with Crippen molar-refractivity contribution in [3.8, 4) is 0 Å². The van der Waals surface area contributed by atoms with Gasteiger partial charge in [0.25, 0.3) is 5.91 Å². The zero-order valence-corrected chi connectivity index (χ0v) is 13.1. The molecule has 0 aliphatic rings. The highest BCUT2D eigenvalue weighted by molar-refractivity contribution is 5.95. The Balaban J connectivity index is 2.06. The number of rotatable bonds is 5. The summed E-state index contributed by atoms with van der Waals surface area (Å²) in [6, 6.07) is 10.4. The van der Waals surface area contributed by atoms with Crippen molar-refractivity contribution in [2.75, 3.05) is 20.6 Å². The first-order valence-corrected chi connectivity index (χ1v) is 7.14. The maximum Gasteiger partial charge on any atom is 0.253 e. The molecule has 1 aromatic carbocycles. The summed E-state index contributed by atoms with van der Waals surface area (Å²) >= 11 is 0. The number of carbonyl (C=O) groups is 1. The van der Waals surface area contributed by atoms with Crippen molar-refractivity contribution in [2.24, 2.45) is 0 Å². The van der Waals surface area contributed by atoms with Gasteiger partial charge in [0, 0.05) is 18.4 Å². The first-order valence-electron chi connectivity index (χ1n) is 7.14. The third kappa shape index (κ3) is 3.73. The maximum atomic E-state index is 12.2. The second-order valence-corrected chi connectivity index (χ2v) is 5.62. The lowest BCUT2D eigenvalue weighted by atomic mass is 10.0. The quantitative estimate of drug-likeness (QED) is 0.887. The summed E-state index contributed by atoms with van der Waals surface area (Å²) in [5.74, 6) is -0.0345. The van der Waals surface area contributed by atoms with E-state index in [0.717, 1.165) is 5.69 Å². The number of amides is 1. The maximum absolute atomic E-state index is 12.2. The summed E-state index contributed by atoms with van der Waals surface area (Å²) in [7, 11) is 4.05. The normalized spacial score (nSPS) is 12.4. The minimum absolute atomic E-state index is 0.0345. The summed E-state index contributed by atoms with van der Waals surface area (Å²) < 4.78 is 0. The number of aryl methyl sites for hydroxylation is 2. The molecule has 2 aromatic rings. The van der Waals surface area contributed by atoms with E-state index in [1.165, 1.54) is 11.1 Å². The smallest absolute Gasteiger partial charge is 0.253 e. The van der Waals surface area contributed by atoms with Crippen LogP contribution in [0.25, 0.3) is 0 Å². The van der Waals surface area contributed by atoms with Crippen molar-refractivity contribution < 1.29 is 4.79 Å². The Morgan fingerprint density at radius 2 is 1.86 bits per heavy atom. The van der Waals surface area contributed by atoms with E-state index in [1.54, 1.807) is 12.3 Å². The molecule has 1 aromatic heterocycles. The molecule has 112 valence electrons. The van der Waals surface area contributed by atoms with E-state index in [-0.39, 0.29) is 11.9 Å². The Kier molecular flexibility index (Phi) is 4.81. The van der Waals surface area contributed by atoms with Gasteiger partial charge in [0.15, 0.2) is 0 Å². The van der Waals surface area contributed by atoms with Crippen molar-refractivity contribution in [3.63, 3.8) is 0 Å². The molecule has 1 atom stereocenters. The van der Waals surface area contributed by atoms with Gasteiger partial charge < -0.3 is 15.2 Å². The van der Waals surface area contributed by atoms with Gasteiger partial charge in [0.2, 0.25) is 0 Å². The highest BCUT2D eigenvalue weighted by Gasteiger charge is 2.16. The van der Waals surface area contributed by atoms with E-state index in [4.69, 9.17) is 0 Å². The fourth-order valence-corrected chi connectivity index (χ4v) is 2.37. The molecule has 0 fully saturated rings. The summed E-state index contributed by atoms with van der Waals surface area (Å²) in [4.78, 5) is 17.3. The van der Waals surface area contributed by atoms with Crippen LogP contribution in [-0.4, -0.2) is 36.4 Å². The lowest BCUT2D eigenvalue weighted by Gasteiger charge is -2.25. The number of nitrogens with one attached hydrogen (secondary N) is 2. The molecule has 1 heterocycles. The van der Waals surface area contributed by atoms with Crippen molar-refractivity contribution in [1.29, 1.82) is 0 Å². The van der Waals surface area contributed by atoms with E-state index >= 15 is 0 Å². The highest BCUT2D eigenvalue weighted by Crippen LogP contribution is 2.18. The monoisotopic (exact) mass is 285 g/mol. The number of hydrogen-bond donors (Lipinski definition) is 2. The molecule has 0 aliphatic carbocycles. The Hall–Kier alpha value is -2.07. The zero-order chi connectivity index (χ0) is 15.4. The Morgan fingerprint density at radius 3 is 2.38 bits per heavy atom. The number of nitrogens with zero attached hydrogens (tertiary/aromatic N) is 1. The van der Waals surface area contributed by atoms with Crippen LogP contribution < -0.4 is 5.32 Å². The number of hydrogen-bond acceptors (Lipinski definition) is 2. The summed E-state index contributed by atoms with van der Waals surface area (Å²) in [5.41, 5.74) is 4.04. The number of H-pyrrole nitrogens is 1. The fourth-order valence-electron chi connectivity index (χ4n) is 2.37. The van der Waals surface area contributed by atoms with Gasteiger partial charge in [-0.2, -0.15) is 0 Å². The first-order chi connectivity index (χ1) is 9.99. The molecule has 0 spiro atoms. The van der Waals surface area contributed by atoms with Gasteiger partial charge in [0.1, 0.15) is 0 Å². The van der Waals surface area contributed by atoms with E-state index in [9.17, 15) is 4.79 Å². The molecule has 21 heavy (non-hydrogen) atoms. The zero-order valence-electron chi connectivity index (χ0n) is 13.1. The van der Waals surface area contributed by atoms with Gasteiger partial charge >= 0.3 is 0 Å². The van der Waals surface area contributed by atoms with Crippen LogP contribution in [0.4, 0.5) is 0 Å². The average Bonchev–Trinajstić information content (AvgIpc) is 2.86.